The van der Waals surface area contributed by atoms with Gasteiger partial charge >= 0.3 is 0 Å². The van der Waals surface area contributed by atoms with Crippen molar-refractivity contribution in [3.63, 3.8) is 0 Å². The van der Waals surface area contributed by atoms with Crippen LogP contribution in [0.25, 0.3) is 0 Å². The molecule has 1 aromatic heterocycles. The maximum atomic E-state index is 12.4. The molecule has 0 saturated carbocycles. The van der Waals surface area contributed by atoms with Crippen molar-refractivity contribution in [2.45, 2.75) is 17.9 Å². The Morgan fingerprint density at radius 3 is 2.35 bits per heavy atom. The molecule has 0 aliphatic heterocycles. The van der Waals surface area contributed by atoms with E-state index in [-0.39, 0.29) is 23.3 Å². The lowest BCUT2D eigenvalue weighted by Gasteiger charge is -2.22. The van der Waals surface area contributed by atoms with E-state index < -0.39 is 10.0 Å². The molecular formula is C16H20N2O4S. The minimum atomic E-state index is -3.65. The van der Waals surface area contributed by atoms with Crippen LogP contribution in [-0.4, -0.2) is 39.7 Å². The van der Waals surface area contributed by atoms with E-state index in [1.165, 1.54) is 31.2 Å². The number of furan rings is 1. The lowest BCUT2D eigenvalue weighted by molar-refractivity contribution is 0.101. The molecule has 0 radical (unpaired) electrons. The smallest absolute Gasteiger partial charge is 0.240 e. The number of benzene rings is 1. The number of carbonyl (C=O) groups excluding carboxylic acids is 1. The van der Waals surface area contributed by atoms with E-state index in [1.54, 1.807) is 18.4 Å². The Balaban J connectivity index is 2.12. The number of likely N-dealkylation sites (N-methyl/N-ethyl adjacent to an activating group) is 1. The summed E-state index contributed by atoms with van der Waals surface area (Å²) in [5.41, 5.74) is 0.478. The fourth-order valence-corrected chi connectivity index (χ4v) is 3.20. The normalized spacial score (nSPS) is 13.2. The molecule has 0 bridgehead atoms. The van der Waals surface area contributed by atoms with Crippen molar-refractivity contribution in [1.82, 2.24) is 9.62 Å². The average molecular weight is 336 g/mol. The highest BCUT2D eigenvalue weighted by atomic mass is 32.2. The zero-order chi connectivity index (χ0) is 17.0. The van der Waals surface area contributed by atoms with Crippen LogP contribution in [0.1, 0.15) is 29.1 Å². The number of nitrogens with one attached hydrogen (secondary N) is 1. The summed E-state index contributed by atoms with van der Waals surface area (Å²) in [6.45, 7) is 1.62. The van der Waals surface area contributed by atoms with Gasteiger partial charge in [-0.15, -0.1) is 0 Å². The Morgan fingerprint density at radius 1 is 1.22 bits per heavy atom. The van der Waals surface area contributed by atoms with Gasteiger partial charge in [0.2, 0.25) is 10.0 Å². The topological polar surface area (TPSA) is 79.6 Å². The van der Waals surface area contributed by atoms with Crippen LogP contribution in [0.3, 0.4) is 0 Å². The molecule has 0 spiro atoms. The monoisotopic (exact) mass is 336 g/mol. The van der Waals surface area contributed by atoms with Gasteiger partial charge in [-0.05, 0) is 45.3 Å². The van der Waals surface area contributed by atoms with Gasteiger partial charge in [-0.3, -0.25) is 9.69 Å². The summed E-state index contributed by atoms with van der Waals surface area (Å²) in [7, 11) is 0.0486. The minimum Gasteiger partial charge on any atom is -0.468 e. The van der Waals surface area contributed by atoms with Crippen molar-refractivity contribution in [2.24, 2.45) is 0 Å². The van der Waals surface area contributed by atoms with E-state index in [2.05, 4.69) is 4.72 Å². The number of rotatable bonds is 7. The predicted octanol–water partition coefficient (Wildman–Crippen LogP) is 2.06. The quantitative estimate of drug-likeness (QED) is 0.783. The molecule has 0 aliphatic carbocycles. The second-order valence-corrected chi connectivity index (χ2v) is 7.19. The Hall–Kier alpha value is -1.96. The van der Waals surface area contributed by atoms with E-state index in [4.69, 9.17) is 4.42 Å². The Bertz CT molecular complexity index is 750. The first-order valence-electron chi connectivity index (χ1n) is 7.12. The van der Waals surface area contributed by atoms with Crippen LogP contribution < -0.4 is 4.72 Å². The minimum absolute atomic E-state index is 0.104. The van der Waals surface area contributed by atoms with Crippen molar-refractivity contribution in [3.8, 4) is 0 Å². The van der Waals surface area contributed by atoms with Crippen LogP contribution in [0.15, 0.2) is 52.0 Å². The van der Waals surface area contributed by atoms with Crippen molar-refractivity contribution in [1.29, 1.82) is 0 Å². The Morgan fingerprint density at radius 2 is 1.87 bits per heavy atom. The predicted molar refractivity (Wildman–Crippen MR) is 86.8 cm³/mol. The number of hydrogen-bond acceptors (Lipinski definition) is 5. The van der Waals surface area contributed by atoms with Gasteiger partial charge in [0.25, 0.3) is 0 Å². The molecule has 2 rings (SSSR count). The summed E-state index contributed by atoms with van der Waals surface area (Å²) in [6.07, 6.45) is 1.56. The molecular weight excluding hydrogens is 316 g/mol. The fourth-order valence-electron chi connectivity index (χ4n) is 2.16. The van der Waals surface area contributed by atoms with Gasteiger partial charge in [-0.25, -0.2) is 13.1 Å². The maximum absolute atomic E-state index is 12.4. The molecule has 1 N–H and O–H groups in total. The molecule has 1 aromatic carbocycles. The van der Waals surface area contributed by atoms with Gasteiger partial charge in [0.1, 0.15) is 5.76 Å². The highest BCUT2D eigenvalue weighted by Gasteiger charge is 2.21. The third-order valence-corrected chi connectivity index (χ3v) is 4.97. The van der Waals surface area contributed by atoms with Gasteiger partial charge in [0, 0.05) is 12.1 Å². The number of nitrogens with zero attached hydrogens (tertiary/aromatic N) is 1. The van der Waals surface area contributed by atoms with E-state index in [0.29, 0.717) is 11.3 Å². The molecule has 6 nitrogen and oxygen atoms in total. The van der Waals surface area contributed by atoms with Gasteiger partial charge in [-0.1, -0.05) is 12.1 Å². The van der Waals surface area contributed by atoms with Gasteiger partial charge in [0.15, 0.2) is 5.78 Å². The Labute approximate surface area is 136 Å². The van der Waals surface area contributed by atoms with E-state index in [1.807, 2.05) is 19.0 Å². The van der Waals surface area contributed by atoms with Crippen molar-refractivity contribution < 1.29 is 17.6 Å². The van der Waals surface area contributed by atoms with Crippen LogP contribution >= 0.6 is 0 Å². The average Bonchev–Trinajstić information content (AvgIpc) is 3.01. The first kappa shape index (κ1) is 17.4. The molecule has 7 heteroatoms. The standard InChI is InChI=1S/C16H20N2O4S/c1-12(19)13-6-8-14(9-7-13)23(20,21)17-11-15(18(2)3)16-5-4-10-22-16/h4-10,15,17H,11H2,1-3H3/t15-/m0/s1. The molecule has 1 atom stereocenters. The molecule has 0 fully saturated rings. The van der Waals surface area contributed by atoms with Crippen molar-refractivity contribution >= 4 is 15.8 Å². The highest BCUT2D eigenvalue weighted by Crippen LogP contribution is 2.19. The van der Waals surface area contributed by atoms with Gasteiger partial charge in [0.05, 0.1) is 17.2 Å². The van der Waals surface area contributed by atoms with Crippen molar-refractivity contribution in [3.05, 3.63) is 54.0 Å². The molecule has 0 amide bonds. The van der Waals surface area contributed by atoms with Crippen LogP contribution in [0, 0.1) is 0 Å². The van der Waals surface area contributed by atoms with E-state index in [0.717, 1.165) is 0 Å². The first-order chi connectivity index (χ1) is 10.8. The number of Topliss-reactive ketones (excluding diaryl/α,β-unsaturated/α-hetero) is 1. The molecule has 23 heavy (non-hydrogen) atoms. The number of ketones is 1. The van der Waals surface area contributed by atoms with Crippen LogP contribution in [0.5, 0.6) is 0 Å². The van der Waals surface area contributed by atoms with Gasteiger partial charge < -0.3 is 4.42 Å². The molecule has 1 heterocycles. The summed E-state index contributed by atoms with van der Waals surface area (Å²) in [5.74, 6) is 0.581. The lowest BCUT2D eigenvalue weighted by atomic mass is 10.2. The summed E-state index contributed by atoms with van der Waals surface area (Å²) < 4.78 is 32.7. The van der Waals surface area contributed by atoms with Crippen LogP contribution in [0.2, 0.25) is 0 Å². The number of carbonyl (C=O) groups is 1. The largest absolute Gasteiger partial charge is 0.468 e. The summed E-state index contributed by atoms with van der Waals surface area (Å²) in [4.78, 5) is 13.2. The first-order valence-corrected chi connectivity index (χ1v) is 8.60. The molecule has 0 unspecified atom stereocenters. The summed E-state index contributed by atoms with van der Waals surface area (Å²) >= 11 is 0. The van der Waals surface area contributed by atoms with E-state index >= 15 is 0 Å². The molecule has 0 saturated heterocycles. The summed E-state index contributed by atoms with van der Waals surface area (Å²) in [5, 5.41) is 0. The second kappa shape index (κ2) is 7.08. The van der Waals surface area contributed by atoms with Crippen molar-refractivity contribution in [2.75, 3.05) is 20.6 Å². The molecule has 124 valence electrons. The van der Waals surface area contributed by atoms with Crippen LogP contribution in [-0.2, 0) is 10.0 Å². The number of sulfonamides is 1. The summed E-state index contributed by atoms with van der Waals surface area (Å²) in [6, 6.07) is 9.23. The third-order valence-electron chi connectivity index (χ3n) is 3.53. The SMILES string of the molecule is CC(=O)c1ccc(S(=O)(=O)NC[C@@H](c2ccco2)N(C)C)cc1. The zero-order valence-electron chi connectivity index (χ0n) is 13.3. The van der Waals surface area contributed by atoms with E-state index in [9.17, 15) is 13.2 Å². The Kier molecular flexibility index (Phi) is 5.35. The maximum Gasteiger partial charge on any atom is 0.240 e. The van der Waals surface area contributed by atoms with Crippen LogP contribution in [0.4, 0.5) is 0 Å². The van der Waals surface area contributed by atoms with Gasteiger partial charge in [-0.2, -0.15) is 0 Å². The molecule has 0 aliphatic rings. The number of hydrogen-bond donors (Lipinski definition) is 1. The third kappa shape index (κ3) is 4.28. The lowest BCUT2D eigenvalue weighted by Crippen LogP contribution is -2.34. The zero-order valence-corrected chi connectivity index (χ0v) is 14.1. The fraction of sp³-hybridized carbons (Fsp3) is 0.312. The molecule has 2 aromatic rings. The second-order valence-electron chi connectivity index (χ2n) is 5.43. The highest BCUT2D eigenvalue weighted by molar-refractivity contribution is 7.89.